The Balaban J connectivity index is 1.29. The molecule has 164 valence electrons. The summed E-state index contributed by atoms with van der Waals surface area (Å²) in [5.74, 6) is -0.650. The van der Waals surface area contributed by atoms with Gasteiger partial charge in [-0.3, -0.25) is 9.69 Å². The summed E-state index contributed by atoms with van der Waals surface area (Å²) in [6.07, 6.45) is 3.03. The Morgan fingerprint density at radius 2 is 1.84 bits per heavy atom. The van der Waals surface area contributed by atoms with E-state index in [-0.39, 0.29) is 18.6 Å². The predicted molar refractivity (Wildman–Crippen MR) is 118 cm³/mol. The minimum absolute atomic E-state index is 0.0376. The standard InChI is InChI=1S/C25H30N2O4/c1-26(23-8-4-6-20-5-2-3-7-22(20)23)24(28)18-31-25(29)21-11-9-19(10-12-21)17-27-13-15-30-16-14-27/h2-3,5,7,9-12,23H,4,6,8,13-18H2,1H3/t23-/m1/s1. The maximum absolute atomic E-state index is 12.7. The molecular weight excluding hydrogens is 392 g/mol. The number of rotatable bonds is 6. The van der Waals surface area contributed by atoms with Crippen LogP contribution < -0.4 is 0 Å². The fourth-order valence-corrected chi connectivity index (χ4v) is 4.38. The van der Waals surface area contributed by atoms with Gasteiger partial charge in [0.05, 0.1) is 24.8 Å². The Labute approximate surface area is 183 Å². The highest BCUT2D eigenvalue weighted by atomic mass is 16.5. The first-order valence-electron chi connectivity index (χ1n) is 11.0. The molecule has 0 bridgehead atoms. The van der Waals surface area contributed by atoms with Crippen LogP contribution in [0.5, 0.6) is 0 Å². The van der Waals surface area contributed by atoms with Crippen molar-refractivity contribution in [1.29, 1.82) is 0 Å². The Kier molecular flexibility index (Phi) is 6.99. The zero-order valence-electron chi connectivity index (χ0n) is 18.1. The summed E-state index contributed by atoms with van der Waals surface area (Å²) >= 11 is 0. The number of carbonyl (C=O) groups excluding carboxylic acids is 2. The van der Waals surface area contributed by atoms with Crippen LogP contribution in [0.4, 0.5) is 0 Å². The van der Waals surface area contributed by atoms with Crippen LogP contribution in [0.2, 0.25) is 0 Å². The Bertz CT molecular complexity index is 906. The predicted octanol–water partition coefficient (Wildman–Crippen LogP) is 3.21. The maximum atomic E-state index is 12.7. The van der Waals surface area contributed by atoms with Crippen molar-refractivity contribution in [3.05, 3.63) is 70.8 Å². The molecular formula is C25H30N2O4. The topological polar surface area (TPSA) is 59.1 Å². The fraction of sp³-hybridized carbons (Fsp3) is 0.440. The Morgan fingerprint density at radius 1 is 1.10 bits per heavy atom. The average molecular weight is 423 g/mol. The summed E-state index contributed by atoms with van der Waals surface area (Å²) in [5.41, 5.74) is 4.11. The van der Waals surface area contributed by atoms with Gasteiger partial charge in [-0.05, 0) is 48.1 Å². The maximum Gasteiger partial charge on any atom is 0.338 e. The molecule has 2 aliphatic rings. The van der Waals surface area contributed by atoms with E-state index in [0.29, 0.717) is 5.56 Å². The Morgan fingerprint density at radius 3 is 2.61 bits per heavy atom. The van der Waals surface area contributed by atoms with E-state index in [9.17, 15) is 9.59 Å². The molecule has 1 aliphatic carbocycles. The van der Waals surface area contributed by atoms with Crippen LogP contribution in [0.25, 0.3) is 0 Å². The summed E-state index contributed by atoms with van der Waals surface area (Å²) in [5, 5.41) is 0. The molecule has 0 N–H and O–H groups in total. The number of nitrogens with zero attached hydrogens (tertiary/aromatic N) is 2. The van der Waals surface area contributed by atoms with Crippen molar-refractivity contribution in [2.24, 2.45) is 0 Å². The van der Waals surface area contributed by atoms with Gasteiger partial charge in [0, 0.05) is 26.7 Å². The summed E-state index contributed by atoms with van der Waals surface area (Å²) in [6.45, 7) is 3.96. The smallest absolute Gasteiger partial charge is 0.338 e. The van der Waals surface area contributed by atoms with Gasteiger partial charge in [-0.15, -0.1) is 0 Å². The zero-order valence-corrected chi connectivity index (χ0v) is 18.1. The molecule has 1 amide bonds. The first-order chi connectivity index (χ1) is 15.1. The Hall–Kier alpha value is -2.70. The first-order valence-corrected chi connectivity index (χ1v) is 11.0. The highest BCUT2D eigenvalue weighted by molar-refractivity contribution is 5.91. The number of fused-ring (bicyclic) bond motifs is 1. The van der Waals surface area contributed by atoms with Crippen LogP contribution in [0.15, 0.2) is 48.5 Å². The molecule has 2 aromatic rings. The lowest BCUT2D eigenvalue weighted by Gasteiger charge is -2.33. The molecule has 0 saturated carbocycles. The lowest BCUT2D eigenvalue weighted by atomic mass is 9.87. The summed E-state index contributed by atoms with van der Waals surface area (Å²) < 4.78 is 10.7. The van der Waals surface area contributed by atoms with Crippen molar-refractivity contribution >= 4 is 11.9 Å². The molecule has 4 rings (SSSR count). The second-order valence-corrected chi connectivity index (χ2v) is 8.27. The molecule has 1 fully saturated rings. The van der Waals surface area contributed by atoms with Gasteiger partial charge in [-0.25, -0.2) is 4.79 Å². The van der Waals surface area contributed by atoms with E-state index < -0.39 is 5.97 Å². The van der Waals surface area contributed by atoms with E-state index in [1.54, 1.807) is 24.1 Å². The number of morpholine rings is 1. The third-order valence-corrected chi connectivity index (χ3v) is 6.22. The van der Waals surface area contributed by atoms with E-state index >= 15 is 0 Å². The van der Waals surface area contributed by atoms with E-state index in [1.807, 2.05) is 24.3 Å². The van der Waals surface area contributed by atoms with E-state index in [0.717, 1.165) is 57.7 Å². The van der Waals surface area contributed by atoms with Gasteiger partial charge in [-0.1, -0.05) is 36.4 Å². The SMILES string of the molecule is CN(C(=O)COC(=O)c1ccc(CN2CCOCC2)cc1)[C@@H]1CCCc2ccccc21. The average Bonchev–Trinajstić information content (AvgIpc) is 2.82. The molecule has 0 aromatic heterocycles. The van der Waals surface area contributed by atoms with Gasteiger partial charge < -0.3 is 14.4 Å². The quantitative estimate of drug-likeness (QED) is 0.669. The highest BCUT2D eigenvalue weighted by Gasteiger charge is 2.27. The number of amides is 1. The van der Waals surface area contributed by atoms with Crippen molar-refractivity contribution in [3.63, 3.8) is 0 Å². The minimum atomic E-state index is -0.469. The first kappa shape index (κ1) is 21.5. The molecule has 1 atom stereocenters. The number of ether oxygens (including phenoxy) is 2. The number of carbonyl (C=O) groups is 2. The van der Waals surface area contributed by atoms with E-state index in [2.05, 4.69) is 17.0 Å². The monoisotopic (exact) mass is 422 g/mol. The molecule has 1 heterocycles. The van der Waals surface area contributed by atoms with Gasteiger partial charge in [0.1, 0.15) is 0 Å². The third kappa shape index (κ3) is 5.32. The third-order valence-electron chi connectivity index (χ3n) is 6.22. The molecule has 0 radical (unpaired) electrons. The fourth-order valence-electron chi connectivity index (χ4n) is 4.38. The zero-order chi connectivity index (χ0) is 21.6. The van der Waals surface area contributed by atoms with Crippen LogP contribution in [0.1, 0.15) is 45.9 Å². The van der Waals surface area contributed by atoms with Crippen LogP contribution in [0.3, 0.4) is 0 Å². The normalized spacial score (nSPS) is 18.8. The molecule has 0 unspecified atom stereocenters. The van der Waals surface area contributed by atoms with E-state index in [1.165, 1.54) is 11.1 Å². The second-order valence-electron chi connectivity index (χ2n) is 8.27. The van der Waals surface area contributed by atoms with Crippen molar-refractivity contribution in [3.8, 4) is 0 Å². The van der Waals surface area contributed by atoms with Crippen LogP contribution >= 0.6 is 0 Å². The number of likely N-dealkylation sites (N-methyl/N-ethyl adjacent to an activating group) is 1. The second kappa shape index (κ2) is 10.1. The minimum Gasteiger partial charge on any atom is -0.452 e. The lowest BCUT2D eigenvalue weighted by Crippen LogP contribution is -2.36. The van der Waals surface area contributed by atoms with Crippen molar-refractivity contribution in [1.82, 2.24) is 9.80 Å². The number of aryl methyl sites for hydroxylation is 1. The van der Waals surface area contributed by atoms with Gasteiger partial charge in [0.15, 0.2) is 6.61 Å². The van der Waals surface area contributed by atoms with Crippen LogP contribution in [0, 0.1) is 0 Å². The van der Waals surface area contributed by atoms with Gasteiger partial charge >= 0.3 is 5.97 Å². The van der Waals surface area contributed by atoms with Crippen molar-refractivity contribution in [2.75, 3.05) is 40.0 Å². The van der Waals surface area contributed by atoms with Crippen molar-refractivity contribution in [2.45, 2.75) is 31.8 Å². The largest absolute Gasteiger partial charge is 0.452 e. The van der Waals surface area contributed by atoms with Crippen LogP contribution in [-0.2, 0) is 27.2 Å². The highest BCUT2D eigenvalue weighted by Crippen LogP contribution is 2.33. The van der Waals surface area contributed by atoms with E-state index in [4.69, 9.17) is 9.47 Å². The lowest BCUT2D eigenvalue weighted by molar-refractivity contribution is -0.135. The van der Waals surface area contributed by atoms with Gasteiger partial charge in [0.2, 0.25) is 0 Å². The number of hydrogen-bond donors (Lipinski definition) is 0. The van der Waals surface area contributed by atoms with Gasteiger partial charge in [0.25, 0.3) is 5.91 Å². The molecule has 6 nitrogen and oxygen atoms in total. The number of benzene rings is 2. The molecule has 2 aromatic carbocycles. The summed E-state index contributed by atoms with van der Waals surface area (Å²) in [7, 11) is 1.80. The molecule has 1 saturated heterocycles. The molecule has 1 aliphatic heterocycles. The summed E-state index contributed by atoms with van der Waals surface area (Å²) in [4.78, 5) is 29.2. The molecule has 31 heavy (non-hydrogen) atoms. The van der Waals surface area contributed by atoms with Gasteiger partial charge in [-0.2, -0.15) is 0 Å². The van der Waals surface area contributed by atoms with Crippen molar-refractivity contribution < 1.29 is 19.1 Å². The number of esters is 1. The molecule has 0 spiro atoms. The van der Waals surface area contributed by atoms with Crippen LogP contribution in [-0.4, -0.2) is 61.6 Å². The summed E-state index contributed by atoms with van der Waals surface area (Å²) in [6, 6.07) is 15.7. The number of hydrogen-bond acceptors (Lipinski definition) is 5. The molecule has 6 heteroatoms.